The molecule has 21 heavy (non-hydrogen) atoms. The molecule has 4 heteroatoms. The van der Waals surface area contributed by atoms with Crippen molar-refractivity contribution in [3.63, 3.8) is 0 Å². The zero-order valence-electron chi connectivity index (χ0n) is 13.4. The van der Waals surface area contributed by atoms with Crippen LogP contribution < -0.4 is 5.32 Å². The lowest BCUT2D eigenvalue weighted by molar-refractivity contribution is -0.0162. The van der Waals surface area contributed by atoms with Gasteiger partial charge in [-0.15, -0.1) is 0 Å². The number of ether oxygens (including phenoxy) is 1. The van der Waals surface area contributed by atoms with Crippen molar-refractivity contribution < 1.29 is 9.15 Å². The average Bonchev–Trinajstić information content (AvgIpc) is 2.79. The molecule has 0 aliphatic rings. The lowest BCUT2D eigenvalue weighted by Crippen LogP contribution is -2.41. The average molecular weight is 310 g/mol. The van der Waals surface area contributed by atoms with E-state index in [0.29, 0.717) is 5.02 Å². The fraction of sp³-hybridized carbons (Fsp3) is 0.529. The molecule has 3 nitrogen and oxygen atoms in total. The summed E-state index contributed by atoms with van der Waals surface area (Å²) in [5.74, 6) is 0.885. The second-order valence-electron chi connectivity index (χ2n) is 6.39. The molecule has 2 rings (SSSR count). The maximum atomic E-state index is 6.05. The molecule has 0 aliphatic carbocycles. The molecular formula is C17H24ClNO2. The van der Waals surface area contributed by atoms with E-state index < -0.39 is 0 Å². The minimum atomic E-state index is -0.00178. The predicted octanol–water partition coefficient (Wildman–Crippen LogP) is 4.80. The number of hydrogen-bond donors (Lipinski definition) is 1. The van der Waals surface area contributed by atoms with Crippen molar-refractivity contribution in [3.8, 4) is 0 Å². The van der Waals surface area contributed by atoms with Gasteiger partial charge in [0.1, 0.15) is 11.3 Å². The Hall–Kier alpha value is -1.03. The van der Waals surface area contributed by atoms with Gasteiger partial charge in [0.2, 0.25) is 0 Å². The second kappa shape index (κ2) is 6.39. The standard InChI is InChI=1S/C17H24ClNO2/c1-6-19-15(16(20-5)17(2,3)4)14-10-11-9-12(18)7-8-13(11)21-14/h7-10,15-16,19H,6H2,1-5H3. The minimum absolute atomic E-state index is 0.00178. The van der Waals surface area contributed by atoms with Crippen LogP contribution in [0.4, 0.5) is 0 Å². The molecule has 0 bridgehead atoms. The van der Waals surface area contributed by atoms with Crippen molar-refractivity contribution in [2.75, 3.05) is 13.7 Å². The van der Waals surface area contributed by atoms with E-state index in [-0.39, 0.29) is 17.6 Å². The molecule has 0 spiro atoms. The van der Waals surface area contributed by atoms with E-state index in [0.717, 1.165) is 23.3 Å². The van der Waals surface area contributed by atoms with E-state index in [2.05, 4.69) is 33.0 Å². The molecule has 116 valence electrons. The SMILES string of the molecule is CCNC(c1cc2cc(Cl)ccc2o1)C(OC)C(C)(C)C. The van der Waals surface area contributed by atoms with E-state index >= 15 is 0 Å². The van der Waals surface area contributed by atoms with Gasteiger partial charge in [-0.1, -0.05) is 39.3 Å². The van der Waals surface area contributed by atoms with Gasteiger partial charge in [-0.2, -0.15) is 0 Å². The quantitative estimate of drug-likeness (QED) is 0.861. The van der Waals surface area contributed by atoms with Gasteiger partial charge in [-0.25, -0.2) is 0 Å². The lowest BCUT2D eigenvalue weighted by Gasteiger charge is -2.35. The Balaban J connectivity index is 2.44. The normalized spacial score (nSPS) is 15.3. The topological polar surface area (TPSA) is 34.4 Å². The Kier molecular flexibility index (Phi) is 4.97. The number of fused-ring (bicyclic) bond motifs is 1. The fourth-order valence-electron chi connectivity index (χ4n) is 2.75. The van der Waals surface area contributed by atoms with Crippen molar-refractivity contribution in [1.82, 2.24) is 5.32 Å². The number of halogens is 1. The van der Waals surface area contributed by atoms with Gasteiger partial charge in [-0.3, -0.25) is 0 Å². The summed E-state index contributed by atoms with van der Waals surface area (Å²) in [5.41, 5.74) is 0.846. The summed E-state index contributed by atoms with van der Waals surface area (Å²) < 4.78 is 11.8. The molecule has 0 amide bonds. The van der Waals surface area contributed by atoms with Crippen molar-refractivity contribution in [3.05, 3.63) is 35.0 Å². The Bertz CT molecular complexity index is 600. The first kappa shape index (κ1) is 16.3. The van der Waals surface area contributed by atoms with Gasteiger partial charge >= 0.3 is 0 Å². The molecule has 1 N–H and O–H groups in total. The Morgan fingerprint density at radius 1 is 1.29 bits per heavy atom. The van der Waals surface area contributed by atoms with Crippen molar-refractivity contribution in [1.29, 1.82) is 0 Å². The third-order valence-electron chi connectivity index (χ3n) is 3.64. The van der Waals surface area contributed by atoms with Crippen LogP contribution in [0.25, 0.3) is 11.0 Å². The maximum absolute atomic E-state index is 6.05. The monoisotopic (exact) mass is 309 g/mol. The summed E-state index contributed by atoms with van der Waals surface area (Å²) >= 11 is 6.05. The summed E-state index contributed by atoms with van der Waals surface area (Å²) in [6, 6.07) is 7.73. The van der Waals surface area contributed by atoms with E-state index in [4.69, 9.17) is 20.8 Å². The largest absolute Gasteiger partial charge is 0.459 e. The van der Waals surface area contributed by atoms with Crippen molar-refractivity contribution in [2.45, 2.75) is 39.8 Å². The molecular weight excluding hydrogens is 286 g/mol. The smallest absolute Gasteiger partial charge is 0.134 e. The summed E-state index contributed by atoms with van der Waals surface area (Å²) in [6.07, 6.45) is 0.00786. The van der Waals surface area contributed by atoms with Gasteiger partial charge in [0.15, 0.2) is 0 Å². The summed E-state index contributed by atoms with van der Waals surface area (Å²) in [7, 11) is 1.75. The number of methoxy groups -OCH3 is 1. The molecule has 0 saturated carbocycles. The highest BCUT2D eigenvalue weighted by Crippen LogP contribution is 2.35. The molecule has 2 aromatic rings. The molecule has 1 aromatic heterocycles. The Labute approximate surface area is 131 Å². The van der Waals surface area contributed by atoms with Gasteiger partial charge in [0.05, 0.1) is 12.1 Å². The van der Waals surface area contributed by atoms with Crippen LogP contribution in [0.15, 0.2) is 28.7 Å². The van der Waals surface area contributed by atoms with Crippen LogP contribution in [0, 0.1) is 5.41 Å². The number of furan rings is 1. The maximum Gasteiger partial charge on any atom is 0.134 e. The van der Waals surface area contributed by atoms with Crippen LogP contribution in [0.3, 0.4) is 0 Å². The second-order valence-corrected chi connectivity index (χ2v) is 6.83. The fourth-order valence-corrected chi connectivity index (χ4v) is 2.93. The van der Waals surface area contributed by atoms with Crippen LogP contribution >= 0.6 is 11.6 Å². The summed E-state index contributed by atoms with van der Waals surface area (Å²) in [4.78, 5) is 0. The highest BCUT2D eigenvalue weighted by molar-refractivity contribution is 6.31. The Morgan fingerprint density at radius 2 is 2.00 bits per heavy atom. The predicted molar refractivity (Wildman–Crippen MR) is 87.9 cm³/mol. The first-order valence-electron chi connectivity index (χ1n) is 7.32. The lowest BCUT2D eigenvalue weighted by atomic mass is 9.83. The number of hydrogen-bond acceptors (Lipinski definition) is 3. The zero-order chi connectivity index (χ0) is 15.6. The molecule has 2 atom stereocenters. The van der Waals surface area contributed by atoms with Crippen molar-refractivity contribution >= 4 is 22.6 Å². The number of nitrogens with one attached hydrogen (secondary N) is 1. The van der Waals surface area contributed by atoms with Crippen LogP contribution in [0.2, 0.25) is 5.02 Å². The molecule has 0 radical (unpaired) electrons. The first-order valence-corrected chi connectivity index (χ1v) is 7.69. The van der Waals surface area contributed by atoms with E-state index in [1.165, 1.54) is 0 Å². The van der Waals surface area contributed by atoms with Gasteiger partial charge in [0.25, 0.3) is 0 Å². The van der Waals surface area contributed by atoms with Crippen LogP contribution in [-0.2, 0) is 4.74 Å². The molecule has 0 fully saturated rings. The van der Waals surface area contributed by atoms with E-state index in [1.807, 2.05) is 24.3 Å². The summed E-state index contributed by atoms with van der Waals surface area (Å²) in [6.45, 7) is 9.45. The Morgan fingerprint density at radius 3 is 2.57 bits per heavy atom. The third-order valence-corrected chi connectivity index (χ3v) is 3.87. The number of likely N-dealkylation sites (N-methyl/N-ethyl adjacent to an activating group) is 1. The van der Waals surface area contributed by atoms with Crippen LogP contribution in [-0.4, -0.2) is 19.8 Å². The molecule has 2 unspecified atom stereocenters. The minimum Gasteiger partial charge on any atom is -0.459 e. The highest BCUT2D eigenvalue weighted by atomic mass is 35.5. The van der Waals surface area contributed by atoms with E-state index in [1.54, 1.807) is 7.11 Å². The van der Waals surface area contributed by atoms with Gasteiger partial charge in [0, 0.05) is 17.5 Å². The zero-order valence-corrected chi connectivity index (χ0v) is 14.1. The number of benzene rings is 1. The molecule has 0 saturated heterocycles. The summed E-state index contributed by atoms with van der Waals surface area (Å²) in [5, 5.41) is 5.21. The third kappa shape index (κ3) is 3.60. The van der Waals surface area contributed by atoms with E-state index in [9.17, 15) is 0 Å². The molecule has 1 heterocycles. The van der Waals surface area contributed by atoms with Crippen LogP contribution in [0.5, 0.6) is 0 Å². The molecule has 0 aliphatic heterocycles. The van der Waals surface area contributed by atoms with Gasteiger partial charge in [-0.05, 0) is 36.2 Å². The first-order chi connectivity index (χ1) is 9.86. The van der Waals surface area contributed by atoms with Crippen LogP contribution in [0.1, 0.15) is 39.5 Å². The highest BCUT2D eigenvalue weighted by Gasteiger charge is 2.34. The van der Waals surface area contributed by atoms with Crippen molar-refractivity contribution in [2.24, 2.45) is 5.41 Å². The number of rotatable bonds is 5. The van der Waals surface area contributed by atoms with Gasteiger partial charge < -0.3 is 14.5 Å². The molecule has 1 aromatic carbocycles.